The first kappa shape index (κ1) is 13.3. The highest BCUT2D eigenvalue weighted by molar-refractivity contribution is 5.41. The van der Waals surface area contributed by atoms with Crippen molar-refractivity contribution in [3.05, 3.63) is 42.4 Å². The Morgan fingerprint density at radius 1 is 1.16 bits per heavy atom. The van der Waals surface area contributed by atoms with Gasteiger partial charge in [0.25, 0.3) is 0 Å². The van der Waals surface area contributed by atoms with Crippen LogP contribution >= 0.6 is 0 Å². The van der Waals surface area contributed by atoms with Crippen molar-refractivity contribution in [1.29, 1.82) is 0 Å². The Kier molecular flexibility index (Phi) is 3.94. The fraction of sp³-hybridized carbons (Fsp3) is 0.357. The maximum absolute atomic E-state index is 4.42. The second kappa shape index (κ2) is 5.65. The van der Waals surface area contributed by atoms with Crippen LogP contribution < -0.4 is 10.6 Å². The number of hydrogen-bond donors (Lipinski definition) is 2. The van der Waals surface area contributed by atoms with Crippen LogP contribution in [0.2, 0.25) is 0 Å². The van der Waals surface area contributed by atoms with Crippen LogP contribution in [-0.2, 0) is 6.54 Å². The van der Waals surface area contributed by atoms with Gasteiger partial charge in [0.2, 0.25) is 5.95 Å². The first-order chi connectivity index (χ1) is 9.03. The van der Waals surface area contributed by atoms with E-state index in [1.165, 1.54) is 0 Å². The average Bonchev–Trinajstić information content (AvgIpc) is 2.36. The van der Waals surface area contributed by atoms with E-state index in [-0.39, 0.29) is 5.54 Å². The van der Waals surface area contributed by atoms with Crippen molar-refractivity contribution in [3.63, 3.8) is 0 Å². The molecule has 0 aliphatic carbocycles. The molecule has 0 aliphatic heterocycles. The van der Waals surface area contributed by atoms with Crippen LogP contribution in [0.15, 0.2) is 36.8 Å². The molecule has 0 saturated heterocycles. The third kappa shape index (κ3) is 4.54. The first-order valence-corrected chi connectivity index (χ1v) is 6.27. The molecule has 0 aliphatic rings. The summed E-state index contributed by atoms with van der Waals surface area (Å²) in [6.07, 6.45) is 5.34. The highest BCUT2D eigenvalue weighted by atomic mass is 15.2. The summed E-state index contributed by atoms with van der Waals surface area (Å²) in [5.41, 5.74) is 1.06. The maximum atomic E-state index is 4.42. The number of pyridine rings is 1. The molecule has 5 heteroatoms. The average molecular weight is 257 g/mol. The van der Waals surface area contributed by atoms with Crippen LogP contribution in [-0.4, -0.2) is 20.5 Å². The van der Waals surface area contributed by atoms with Crippen molar-refractivity contribution < 1.29 is 0 Å². The molecule has 19 heavy (non-hydrogen) atoms. The summed E-state index contributed by atoms with van der Waals surface area (Å²) in [6, 6.07) is 5.79. The highest BCUT2D eigenvalue weighted by Crippen LogP contribution is 2.12. The predicted molar refractivity (Wildman–Crippen MR) is 77.0 cm³/mol. The molecule has 2 heterocycles. The number of aromatic nitrogens is 3. The Hall–Kier alpha value is -2.17. The van der Waals surface area contributed by atoms with Crippen LogP contribution in [0, 0.1) is 0 Å². The van der Waals surface area contributed by atoms with Gasteiger partial charge >= 0.3 is 0 Å². The van der Waals surface area contributed by atoms with Gasteiger partial charge in [-0.15, -0.1) is 0 Å². The molecule has 2 aromatic rings. The number of rotatable bonds is 4. The minimum atomic E-state index is -0.0536. The third-order valence-electron chi connectivity index (χ3n) is 2.34. The summed E-state index contributed by atoms with van der Waals surface area (Å²) in [6.45, 7) is 6.92. The monoisotopic (exact) mass is 257 g/mol. The van der Waals surface area contributed by atoms with Gasteiger partial charge in [0.15, 0.2) is 0 Å². The zero-order valence-corrected chi connectivity index (χ0v) is 11.5. The molecular formula is C14H19N5. The molecule has 2 aromatic heterocycles. The number of nitrogens with one attached hydrogen (secondary N) is 2. The van der Waals surface area contributed by atoms with Crippen molar-refractivity contribution >= 4 is 11.8 Å². The van der Waals surface area contributed by atoms with E-state index < -0.39 is 0 Å². The van der Waals surface area contributed by atoms with Crippen molar-refractivity contribution in [2.75, 3.05) is 10.6 Å². The molecule has 0 spiro atoms. The lowest BCUT2D eigenvalue weighted by Gasteiger charge is -2.20. The van der Waals surface area contributed by atoms with Crippen LogP contribution in [0.1, 0.15) is 26.3 Å². The second-order valence-corrected chi connectivity index (χ2v) is 5.36. The number of nitrogens with zero attached hydrogens (tertiary/aromatic N) is 3. The van der Waals surface area contributed by atoms with E-state index in [0.717, 1.165) is 11.4 Å². The molecular weight excluding hydrogens is 238 g/mol. The van der Waals surface area contributed by atoms with Gasteiger partial charge in [0, 0.05) is 30.7 Å². The smallest absolute Gasteiger partial charge is 0.224 e. The molecule has 0 aromatic carbocycles. The van der Waals surface area contributed by atoms with Gasteiger partial charge in [0.1, 0.15) is 5.82 Å². The Morgan fingerprint density at radius 2 is 2.00 bits per heavy atom. The largest absolute Gasteiger partial charge is 0.366 e. The molecule has 0 amide bonds. The van der Waals surface area contributed by atoms with E-state index in [1.54, 1.807) is 12.4 Å². The molecule has 2 rings (SSSR count). The summed E-state index contributed by atoms with van der Waals surface area (Å²) in [7, 11) is 0. The molecule has 100 valence electrons. The van der Waals surface area contributed by atoms with Crippen molar-refractivity contribution in [1.82, 2.24) is 15.0 Å². The van der Waals surface area contributed by atoms with E-state index in [1.807, 2.05) is 24.4 Å². The van der Waals surface area contributed by atoms with Gasteiger partial charge in [0.05, 0.1) is 0 Å². The summed E-state index contributed by atoms with van der Waals surface area (Å²) in [4.78, 5) is 12.7. The lowest BCUT2D eigenvalue weighted by atomic mass is 10.1. The van der Waals surface area contributed by atoms with E-state index in [4.69, 9.17) is 0 Å². The quantitative estimate of drug-likeness (QED) is 0.881. The van der Waals surface area contributed by atoms with Gasteiger partial charge < -0.3 is 10.6 Å². The van der Waals surface area contributed by atoms with Crippen LogP contribution in [0.4, 0.5) is 11.8 Å². The molecule has 5 nitrogen and oxygen atoms in total. The standard InChI is InChI=1S/C14H19N5/c1-14(2,3)19-13-16-8-6-12(18-13)17-10-11-5-4-7-15-9-11/h4-9H,10H2,1-3H3,(H2,16,17,18,19). The SMILES string of the molecule is CC(C)(C)Nc1nccc(NCc2cccnc2)n1. The maximum Gasteiger partial charge on any atom is 0.224 e. The molecule has 0 atom stereocenters. The Morgan fingerprint density at radius 3 is 2.68 bits per heavy atom. The summed E-state index contributed by atoms with van der Waals surface area (Å²) in [5.74, 6) is 1.43. The van der Waals surface area contributed by atoms with Crippen LogP contribution in [0.25, 0.3) is 0 Å². The molecule has 0 bridgehead atoms. The van der Waals surface area contributed by atoms with Gasteiger partial charge in [-0.05, 0) is 38.5 Å². The minimum absolute atomic E-state index is 0.0536. The van der Waals surface area contributed by atoms with E-state index in [0.29, 0.717) is 12.5 Å². The summed E-state index contributed by atoms with van der Waals surface area (Å²) < 4.78 is 0. The van der Waals surface area contributed by atoms with Crippen molar-refractivity contribution in [2.45, 2.75) is 32.9 Å². The molecule has 0 radical (unpaired) electrons. The minimum Gasteiger partial charge on any atom is -0.366 e. The van der Waals surface area contributed by atoms with Crippen molar-refractivity contribution in [2.24, 2.45) is 0 Å². The lowest BCUT2D eigenvalue weighted by molar-refractivity contribution is 0.626. The Bertz CT molecular complexity index is 519. The normalized spacial score (nSPS) is 11.1. The molecule has 0 saturated carbocycles. The first-order valence-electron chi connectivity index (χ1n) is 6.27. The van der Waals surface area contributed by atoms with Gasteiger partial charge in [-0.1, -0.05) is 6.07 Å². The highest BCUT2D eigenvalue weighted by Gasteiger charge is 2.11. The second-order valence-electron chi connectivity index (χ2n) is 5.36. The van der Waals surface area contributed by atoms with Gasteiger partial charge in [-0.3, -0.25) is 4.98 Å². The fourth-order valence-corrected chi connectivity index (χ4v) is 1.55. The zero-order chi connectivity index (χ0) is 13.7. The van der Waals surface area contributed by atoms with E-state index in [9.17, 15) is 0 Å². The van der Waals surface area contributed by atoms with E-state index in [2.05, 4.69) is 46.4 Å². The van der Waals surface area contributed by atoms with E-state index >= 15 is 0 Å². The lowest BCUT2D eigenvalue weighted by Crippen LogP contribution is -2.27. The van der Waals surface area contributed by atoms with Gasteiger partial charge in [-0.2, -0.15) is 4.98 Å². The zero-order valence-electron chi connectivity index (χ0n) is 11.5. The summed E-state index contributed by atoms with van der Waals surface area (Å²) >= 11 is 0. The fourth-order valence-electron chi connectivity index (χ4n) is 1.55. The van der Waals surface area contributed by atoms with Gasteiger partial charge in [-0.25, -0.2) is 4.98 Å². The molecule has 0 fully saturated rings. The summed E-state index contributed by atoms with van der Waals surface area (Å²) in [5, 5.41) is 6.50. The van der Waals surface area contributed by atoms with Crippen LogP contribution in [0.5, 0.6) is 0 Å². The predicted octanol–water partition coefficient (Wildman–Crippen LogP) is 2.69. The number of anilines is 2. The molecule has 2 N–H and O–H groups in total. The number of hydrogen-bond acceptors (Lipinski definition) is 5. The Labute approximate surface area is 113 Å². The molecule has 0 unspecified atom stereocenters. The topological polar surface area (TPSA) is 62.7 Å². The third-order valence-corrected chi connectivity index (χ3v) is 2.34. The van der Waals surface area contributed by atoms with Crippen molar-refractivity contribution in [3.8, 4) is 0 Å². The Balaban J connectivity index is 1.99. The van der Waals surface area contributed by atoms with Crippen LogP contribution in [0.3, 0.4) is 0 Å².